The van der Waals surface area contributed by atoms with Gasteiger partial charge in [0.15, 0.2) is 0 Å². The first-order valence-corrected chi connectivity index (χ1v) is 10.4. The standard InChI is InChI=1S/C22H42O2/c1-4-6-7-8-9-10-11-12-13-14-15-16-17-18-20-22(3,19-5-2)21(23)24/h12-13H,4-11,14-20H2,1-3H3,(H,23,24)/b13-12-. The van der Waals surface area contributed by atoms with Crippen LogP contribution in [0.1, 0.15) is 117 Å². The van der Waals surface area contributed by atoms with E-state index in [2.05, 4.69) is 26.0 Å². The van der Waals surface area contributed by atoms with Crippen LogP contribution >= 0.6 is 0 Å². The van der Waals surface area contributed by atoms with E-state index >= 15 is 0 Å². The van der Waals surface area contributed by atoms with Gasteiger partial charge in [-0.1, -0.05) is 83.8 Å². The van der Waals surface area contributed by atoms with E-state index in [1.165, 1.54) is 64.2 Å². The van der Waals surface area contributed by atoms with Gasteiger partial charge in [-0.2, -0.15) is 0 Å². The second-order valence-corrected chi connectivity index (χ2v) is 7.60. The molecular weight excluding hydrogens is 296 g/mol. The van der Waals surface area contributed by atoms with Crippen molar-refractivity contribution < 1.29 is 9.90 Å². The van der Waals surface area contributed by atoms with Crippen LogP contribution in [0.2, 0.25) is 0 Å². The highest BCUT2D eigenvalue weighted by Gasteiger charge is 2.31. The monoisotopic (exact) mass is 338 g/mol. The molecule has 0 rings (SSSR count). The predicted molar refractivity (Wildman–Crippen MR) is 105 cm³/mol. The van der Waals surface area contributed by atoms with Gasteiger partial charge in [-0.25, -0.2) is 0 Å². The summed E-state index contributed by atoms with van der Waals surface area (Å²) in [5.74, 6) is -0.623. The fourth-order valence-electron chi connectivity index (χ4n) is 3.30. The van der Waals surface area contributed by atoms with Crippen molar-refractivity contribution in [2.24, 2.45) is 5.41 Å². The smallest absolute Gasteiger partial charge is 0.309 e. The molecule has 0 aromatic heterocycles. The van der Waals surface area contributed by atoms with E-state index < -0.39 is 11.4 Å². The van der Waals surface area contributed by atoms with Crippen LogP contribution in [0.5, 0.6) is 0 Å². The van der Waals surface area contributed by atoms with Gasteiger partial charge in [0, 0.05) is 0 Å². The molecule has 1 unspecified atom stereocenters. The topological polar surface area (TPSA) is 37.3 Å². The Morgan fingerprint density at radius 2 is 1.25 bits per heavy atom. The van der Waals surface area contributed by atoms with E-state index in [0.717, 1.165) is 32.1 Å². The van der Waals surface area contributed by atoms with Crippen molar-refractivity contribution in [2.75, 3.05) is 0 Å². The summed E-state index contributed by atoms with van der Waals surface area (Å²) in [5.41, 5.74) is -0.508. The van der Waals surface area contributed by atoms with E-state index in [1.54, 1.807) is 0 Å². The summed E-state index contributed by atoms with van der Waals surface area (Å²) in [4.78, 5) is 11.4. The lowest BCUT2D eigenvalue weighted by Crippen LogP contribution is -2.27. The van der Waals surface area contributed by atoms with Crippen molar-refractivity contribution in [1.29, 1.82) is 0 Å². The van der Waals surface area contributed by atoms with Gasteiger partial charge in [-0.3, -0.25) is 4.79 Å². The lowest BCUT2D eigenvalue weighted by atomic mass is 9.80. The van der Waals surface area contributed by atoms with Gasteiger partial charge < -0.3 is 5.11 Å². The average molecular weight is 339 g/mol. The maximum Gasteiger partial charge on any atom is 0.309 e. The highest BCUT2D eigenvalue weighted by atomic mass is 16.4. The average Bonchev–Trinajstić information content (AvgIpc) is 2.55. The molecule has 2 heteroatoms. The molecular formula is C22H42O2. The number of carboxylic acid groups (broad SMARTS) is 1. The van der Waals surface area contributed by atoms with Gasteiger partial charge in [-0.05, 0) is 45.4 Å². The van der Waals surface area contributed by atoms with Crippen molar-refractivity contribution in [3.63, 3.8) is 0 Å². The van der Waals surface area contributed by atoms with E-state index in [-0.39, 0.29) is 0 Å². The molecule has 24 heavy (non-hydrogen) atoms. The molecule has 1 N–H and O–H groups in total. The molecule has 0 aromatic carbocycles. The van der Waals surface area contributed by atoms with Crippen molar-refractivity contribution in [2.45, 2.75) is 117 Å². The molecule has 0 aromatic rings. The molecule has 0 amide bonds. The number of aliphatic carboxylic acids is 1. The third-order valence-electron chi connectivity index (χ3n) is 5.06. The summed E-state index contributed by atoms with van der Waals surface area (Å²) >= 11 is 0. The Balaban J connectivity index is 3.47. The first kappa shape index (κ1) is 23.2. The maximum absolute atomic E-state index is 11.4. The molecule has 0 heterocycles. The Hall–Kier alpha value is -0.790. The van der Waals surface area contributed by atoms with Crippen LogP contribution in [0, 0.1) is 5.41 Å². The Bertz CT molecular complexity index is 322. The van der Waals surface area contributed by atoms with Crippen LogP contribution in [-0.2, 0) is 4.79 Å². The molecule has 0 aliphatic heterocycles. The van der Waals surface area contributed by atoms with E-state index in [1.807, 2.05) is 6.92 Å². The lowest BCUT2D eigenvalue weighted by Gasteiger charge is -2.24. The van der Waals surface area contributed by atoms with Gasteiger partial charge in [0.25, 0.3) is 0 Å². The summed E-state index contributed by atoms with van der Waals surface area (Å²) in [5, 5.41) is 9.36. The zero-order valence-electron chi connectivity index (χ0n) is 16.6. The van der Waals surface area contributed by atoms with Crippen LogP contribution in [0.4, 0.5) is 0 Å². The maximum atomic E-state index is 11.4. The number of hydrogen-bond donors (Lipinski definition) is 1. The lowest BCUT2D eigenvalue weighted by molar-refractivity contribution is -0.148. The van der Waals surface area contributed by atoms with Gasteiger partial charge in [0.05, 0.1) is 5.41 Å². The van der Waals surface area contributed by atoms with Gasteiger partial charge in [0.2, 0.25) is 0 Å². The molecule has 0 saturated carbocycles. The number of carbonyl (C=O) groups is 1. The van der Waals surface area contributed by atoms with Crippen LogP contribution in [0.15, 0.2) is 12.2 Å². The van der Waals surface area contributed by atoms with Crippen LogP contribution < -0.4 is 0 Å². The Morgan fingerprint density at radius 1 is 0.750 bits per heavy atom. The summed E-state index contributed by atoms with van der Waals surface area (Å²) in [7, 11) is 0. The first-order chi connectivity index (χ1) is 11.6. The van der Waals surface area contributed by atoms with Crippen LogP contribution in [0.3, 0.4) is 0 Å². The minimum atomic E-state index is -0.623. The van der Waals surface area contributed by atoms with Crippen molar-refractivity contribution in [3.8, 4) is 0 Å². The number of allylic oxidation sites excluding steroid dienone is 2. The van der Waals surface area contributed by atoms with Crippen LogP contribution in [0.25, 0.3) is 0 Å². The quantitative estimate of drug-likeness (QED) is 0.220. The zero-order valence-corrected chi connectivity index (χ0v) is 16.6. The number of rotatable bonds is 17. The fourth-order valence-corrected chi connectivity index (χ4v) is 3.30. The van der Waals surface area contributed by atoms with Gasteiger partial charge >= 0.3 is 5.97 Å². The van der Waals surface area contributed by atoms with E-state index in [9.17, 15) is 9.90 Å². The van der Waals surface area contributed by atoms with Crippen molar-refractivity contribution in [1.82, 2.24) is 0 Å². The van der Waals surface area contributed by atoms with Crippen LogP contribution in [-0.4, -0.2) is 11.1 Å². The predicted octanol–water partition coefficient (Wildman–Crippen LogP) is 7.52. The number of unbranched alkanes of at least 4 members (excludes halogenated alkanes) is 10. The molecule has 0 bridgehead atoms. The molecule has 2 nitrogen and oxygen atoms in total. The number of hydrogen-bond acceptors (Lipinski definition) is 1. The molecule has 0 aliphatic rings. The Morgan fingerprint density at radius 3 is 1.75 bits per heavy atom. The molecule has 1 atom stereocenters. The molecule has 142 valence electrons. The highest BCUT2D eigenvalue weighted by molar-refractivity contribution is 5.73. The highest BCUT2D eigenvalue weighted by Crippen LogP contribution is 2.30. The van der Waals surface area contributed by atoms with Crippen molar-refractivity contribution >= 4 is 5.97 Å². The second kappa shape index (κ2) is 15.7. The zero-order chi connectivity index (χ0) is 18.1. The summed E-state index contributed by atoms with van der Waals surface area (Å²) in [6.07, 6.45) is 22.6. The molecule has 0 spiro atoms. The molecule has 0 fully saturated rings. The fraction of sp³-hybridized carbons (Fsp3) is 0.864. The number of carboxylic acids is 1. The minimum Gasteiger partial charge on any atom is -0.481 e. The SMILES string of the molecule is CCCCCCCC/C=C\CCCCCCC(C)(CCC)C(=O)O. The third kappa shape index (κ3) is 12.6. The molecule has 0 saturated heterocycles. The Kier molecular flexibility index (Phi) is 15.2. The second-order valence-electron chi connectivity index (χ2n) is 7.60. The van der Waals surface area contributed by atoms with Crippen molar-refractivity contribution in [3.05, 3.63) is 12.2 Å². The van der Waals surface area contributed by atoms with E-state index in [4.69, 9.17) is 0 Å². The molecule has 0 radical (unpaired) electrons. The van der Waals surface area contributed by atoms with Gasteiger partial charge in [-0.15, -0.1) is 0 Å². The van der Waals surface area contributed by atoms with E-state index in [0.29, 0.717) is 0 Å². The normalized spacial score (nSPS) is 14.1. The minimum absolute atomic E-state index is 0.508. The third-order valence-corrected chi connectivity index (χ3v) is 5.06. The Labute approximate surface area is 151 Å². The summed E-state index contributed by atoms with van der Waals surface area (Å²) < 4.78 is 0. The first-order valence-electron chi connectivity index (χ1n) is 10.4. The largest absolute Gasteiger partial charge is 0.481 e. The summed E-state index contributed by atoms with van der Waals surface area (Å²) in [6.45, 7) is 6.24. The summed E-state index contributed by atoms with van der Waals surface area (Å²) in [6, 6.07) is 0. The molecule has 0 aliphatic carbocycles. The van der Waals surface area contributed by atoms with Gasteiger partial charge in [0.1, 0.15) is 0 Å².